The smallest absolute Gasteiger partial charge is 0.0378 e. The zero-order valence-corrected chi connectivity index (χ0v) is 6.91. The van der Waals surface area contributed by atoms with Gasteiger partial charge in [0.2, 0.25) is 0 Å². The minimum absolute atomic E-state index is 0.709. The summed E-state index contributed by atoms with van der Waals surface area (Å²) in [5, 5.41) is 7.07. The van der Waals surface area contributed by atoms with Crippen LogP contribution in [0.4, 0.5) is 0 Å². The molecular weight excluding hydrogens is 150 g/mol. The predicted molar refractivity (Wildman–Crippen MR) is 49.9 cm³/mol. The molecule has 0 atom stereocenters. The van der Waals surface area contributed by atoms with Gasteiger partial charge in [-0.3, -0.25) is 4.98 Å². The van der Waals surface area contributed by atoms with Crippen molar-refractivity contribution >= 4 is 11.8 Å². The van der Waals surface area contributed by atoms with E-state index in [1.807, 2.05) is 19.1 Å². The number of hydrogen-bond donors (Lipinski definition) is 2. The molecule has 1 aromatic rings. The maximum atomic E-state index is 7.07. The monoisotopic (exact) mass is 161 g/mol. The number of aryl methyl sites for hydroxylation is 1. The van der Waals surface area contributed by atoms with E-state index in [1.54, 1.807) is 6.20 Å². The Bertz CT molecular complexity index is 315. The normalized spacial score (nSPS) is 11.2. The van der Waals surface area contributed by atoms with Gasteiger partial charge in [-0.25, -0.2) is 0 Å². The zero-order valence-electron chi connectivity index (χ0n) is 6.91. The molecule has 12 heavy (non-hydrogen) atoms. The van der Waals surface area contributed by atoms with E-state index in [2.05, 4.69) is 4.98 Å². The van der Waals surface area contributed by atoms with Gasteiger partial charge in [0.25, 0.3) is 0 Å². The van der Waals surface area contributed by atoms with Crippen LogP contribution in [0.5, 0.6) is 0 Å². The van der Waals surface area contributed by atoms with Gasteiger partial charge in [-0.2, -0.15) is 0 Å². The molecule has 3 N–H and O–H groups in total. The summed E-state index contributed by atoms with van der Waals surface area (Å²) in [4.78, 5) is 4.05. The van der Waals surface area contributed by atoms with Gasteiger partial charge < -0.3 is 11.1 Å². The number of nitrogens with two attached hydrogens (primary N) is 1. The highest BCUT2D eigenvalue weighted by Gasteiger charge is 1.96. The summed E-state index contributed by atoms with van der Waals surface area (Å²) in [5.74, 6) is 0. The molecule has 0 saturated carbocycles. The van der Waals surface area contributed by atoms with Crippen LogP contribution in [-0.2, 0) is 0 Å². The van der Waals surface area contributed by atoms with Gasteiger partial charge in [-0.1, -0.05) is 0 Å². The van der Waals surface area contributed by atoms with Crippen LogP contribution >= 0.6 is 0 Å². The molecule has 62 valence electrons. The Kier molecular flexibility index (Phi) is 2.58. The van der Waals surface area contributed by atoms with Crippen LogP contribution in [0.2, 0.25) is 0 Å². The van der Waals surface area contributed by atoms with E-state index >= 15 is 0 Å². The SMILES string of the molecule is Cc1cc(/C(C=N)=C/N)ccn1. The maximum absolute atomic E-state index is 7.07. The third-order valence-electron chi connectivity index (χ3n) is 1.57. The molecule has 0 bridgehead atoms. The van der Waals surface area contributed by atoms with Crippen molar-refractivity contribution in [2.24, 2.45) is 5.73 Å². The average Bonchev–Trinajstić information content (AvgIpc) is 2.07. The van der Waals surface area contributed by atoms with Crippen LogP contribution in [0, 0.1) is 12.3 Å². The van der Waals surface area contributed by atoms with Crippen LogP contribution in [0.25, 0.3) is 5.57 Å². The molecule has 0 aromatic carbocycles. The van der Waals surface area contributed by atoms with Gasteiger partial charge in [0.05, 0.1) is 0 Å². The number of rotatable bonds is 2. The minimum Gasteiger partial charge on any atom is -0.404 e. The first kappa shape index (κ1) is 8.46. The van der Waals surface area contributed by atoms with E-state index in [4.69, 9.17) is 11.1 Å². The molecule has 0 fully saturated rings. The van der Waals surface area contributed by atoms with Crippen molar-refractivity contribution in [3.8, 4) is 0 Å². The Labute approximate surface area is 71.4 Å². The van der Waals surface area contributed by atoms with Crippen molar-refractivity contribution < 1.29 is 0 Å². The Balaban J connectivity index is 3.10. The van der Waals surface area contributed by atoms with Crippen molar-refractivity contribution in [3.63, 3.8) is 0 Å². The molecule has 0 aliphatic heterocycles. The molecule has 1 rings (SSSR count). The van der Waals surface area contributed by atoms with E-state index in [9.17, 15) is 0 Å². The number of nitrogens with one attached hydrogen (secondary N) is 1. The van der Waals surface area contributed by atoms with Crippen LogP contribution in [0.1, 0.15) is 11.3 Å². The predicted octanol–water partition coefficient (Wildman–Crippen LogP) is 1.34. The second kappa shape index (κ2) is 3.67. The lowest BCUT2D eigenvalue weighted by Crippen LogP contribution is -1.91. The molecule has 3 heteroatoms. The minimum atomic E-state index is 0.709. The molecule has 1 heterocycles. The first-order chi connectivity index (χ1) is 5.77. The quantitative estimate of drug-likeness (QED) is 0.643. The zero-order chi connectivity index (χ0) is 8.97. The summed E-state index contributed by atoms with van der Waals surface area (Å²) < 4.78 is 0. The highest BCUT2D eigenvalue weighted by Crippen LogP contribution is 2.10. The lowest BCUT2D eigenvalue weighted by molar-refractivity contribution is 1.19. The molecule has 0 aliphatic carbocycles. The fraction of sp³-hybridized carbons (Fsp3) is 0.111. The van der Waals surface area contributed by atoms with Crippen LogP contribution < -0.4 is 5.73 Å². The topological polar surface area (TPSA) is 62.8 Å². The highest BCUT2D eigenvalue weighted by atomic mass is 14.6. The molecule has 0 unspecified atom stereocenters. The van der Waals surface area contributed by atoms with E-state index in [0.717, 1.165) is 11.3 Å². The molecule has 0 spiro atoms. The van der Waals surface area contributed by atoms with Crippen LogP contribution in [0.15, 0.2) is 24.5 Å². The molecular formula is C9H11N3. The van der Waals surface area contributed by atoms with Gasteiger partial charge >= 0.3 is 0 Å². The molecule has 0 radical (unpaired) electrons. The summed E-state index contributed by atoms with van der Waals surface area (Å²) in [6.45, 7) is 1.90. The summed E-state index contributed by atoms with van der Waals surface area (Å²) in [6.07, 6.45) is 4.36. The van der Waals surface area contributed by atoms with Gasteiger partial charge in [-0.05, 0) is 24.6 Å². The van der Waals surface area contributed by atoms with Gasteiger partial charge in [0.1, 0.15) is 0 Å². The van der Waals surface area contributed by atoms with E-state index in [-0.39, 0.29) is 0 Å². The van der Waals surface area contributed by atoms with Crippen molar-refractivity contribution in [2.45, 2.75) is 6.92 Å². The molecule has 0 saturated heterocycles. The Hall–Kier alpha value is -1.64. The molecule has 0 aliphatic rings. The average molecular weight is 161 g/mol. The lowest BCUT2D eigenvalue weighted by atomic mass is 10.1. The standard InChI is InChI=1S/C9H11N3/c1-7-4-8(2-3-12-7)9(5-10)6-11/h2-6,10H,11H2,1H3/b9-6+,10-5?. The largest absolute Gasteiger partial charge is 0.404 e. The summed E-state index contributed by atoms with van der Waals surface area (Å²) >= 11 is 0. The lowest BCUT2D eigenvalue weighted by Gasteiger charge is -2.00. The summed E-state index contributed by atoms with van der Waals surface area (Å²) in [5.41, 5.74) is 7.90. The van der Waals surface area contributed by atoms with Gasteiger partial charge in [-0.15, -0.1) is 0 Å². The van der Waals surface area contributed by atoms with E-state index in [1.165, 1.54) is 12.4 Å². The Morgan fingerprint density at radius 3 is 2.92 bits per heavy atom. The first-order valence-corrected chi connectivity index (χ1v) is 3.63. The van der Waals surface area contributed by atoms with Gasteiger partial charge in [0, 0.05) is 29.9 Å². The van der Waals surface area contributed by atoms with Crippen LogP contribution in [-0.4, -0.2) is 11.2 Å². The van der Waals surface area contributed by atoms with Crippen molar-refractivity contribution in [3.05, 3.63) is 35.8 Å². The number of aromatic nitrogens is 1. The molecule has 0 amide bonds. The fourth-order valence-electron chi connectivity index (χ4n) is 0.953. The maximum Gasteiger partial charge on any atom is 0.0378 e. The summed E-state index contributed by atoms with van der Waals surface area (Å²) in [6, 6.07) is 3.72. The number of allylic oxidation sites excluding steroid dienone is 1. The molecule has 1 aromatic heterocycles. The molecule has 3 nitrogen and oxygen atoms in total. The number of hydrogen-bond acceptors (Lipinski definition) is 3. The second-order valence-electron chi connectivity index (χ2n) is 2.45. The second-order valence-corrected chi connectivity index (χ2v) is 2.45. The van der Waals surface area contributed by atoms with Crippen LogP contribution in [0.3, 0.4) is 0 Å². The van der Waals surface area contributed by atoms with E-state index < -0.39 is 0 Å². The van der Waals surface area contributed by atoms with Crippen molar-refractivity contribution in [2.75, 3.05) is 0 Å². The fourth-order valence-corrected chi connectivity index (χ4v) is 0.953. The number of nitrogens with zero attached hydrogens (tertiary/aromatic N) is 1. The van der Waals surface area contributed by atoms with Gasteiger partial charge in [0.15, 0.2) is 0 Å². The van der Waals surface area contributed by atoms with Crippen molar-refractivity contribution in [1.82, 2.24) is 4.98 Å². The Morgan fingerprint density at radius 1 is 1.67 bits per heavy atom. The third-order valence-corrected chi connectivity index (χ3v) is 1.57. The first-order valence-electron chi connectivity index (χ1n) is 3.63. The third kappa shape index (κ3) is 1.69. The number of pyridine rings is 1. The van der Waals surface area contributed by atoms with Crippen molar-refractivity contribution in [1.29, 1.82) is 5.41 Å². The van der Waals surface area contributed by atoms with E-state index in [0.29, 0.717) is 5.57 Å². The summed E-state index contributed by atoms with van der Waals surface area (Å²) in [7, 11) is 0. The highest BCUT2D eigenvalue weighted by molar-refractivity contribution is 6.08. The Morgan fingerprint density at radius 2 is 2.42 bits per heavy atom.